The Balaban J connectivity index is 2.44. The molecule has 0 saturated heterocycles. The van der Waals surface area contributed by atoms with Gasteiger partial charge in [0.1, 0.15) is 5.78 Å². The van der Waals surface area contributed by atoms with E-state index < -0.39 is 0 Å². The molecule has 104 valence electrons. The Bertz CT molecular complexity index is 260. The zero-order valence-corrected chi connectivity index (χ0v) is 11.6. The van der Waals surface area contributed by atoms with E-state index in [-0.39, 0.29) is 11.9 Å². The average molecular weight is 254 g/mol. The Morgan fingerprint density at radius 3 is 2.44 bits per heavy atom. The molecule has 0 aromatic rings. The van der Waals surface area contributed by atoms with E-state index in [1.165, 1.54) is 12.8 Å². The molecule has 1 aliphatic carbocycles. The Hall–Kier alpha value is -0.860. The van der Waals surface area contributed by atoms with Crippen LogP contribution in [0.3, 0.4) is 0 Å². The zero-order valence-electron chi connectivity index (χ0n) is 11.6. The maximum atomic E-state index is 11.8. The molecule has 0 spiro atoms. The molecule has 0 aromatic carbocycles. The van der Waals surface area contributed by atoms with E-state index in [0.717, 1.165) is 44.9 Å². The van der Waals surface area contributed by atoms with Gasteiger partial charge in [0.2, 0.25) is 0 Å². The van der Waals surface area contributed by atoms with E-state index in [0.29, 0.717) is 18.8 Å². The van der Waals surface area contributed by atoms with Crippen LogP contribution >= 0.6 is 0 Å². The third-order valence-electron chi connectivity index (χ3n) is 3.64. The van der Waals surface area contributed by atoms with Crippen molar-refractivity contribution in [2.45, 2.75) is 71.1 Å². The molecule has 0 heterocycles. The Kier molecular flexibility index (Phi) is 7.70. The summed E-state index contributed by atoms with van der Waals surface area (Å²) in [4.78, 5) is 23.4. The molecular formula is C15H26O3. The molecule has 1 atom stereocenters. The molecule has 3 heteroatoms. The highest BCUT2D eigenvalue weighted by atomic mass is 16.5. The lowest BCUT2D eigenvalue weighted by atomic mass is 9.92. The minimum atomic E-state index is -0.0676. The summed E-state index contributed by atoms with van der Waals surface area (Å²) in [7, 11) is 0. The SMILES string of the molecule is CCOC(=O)C1CCCCCCCC(=O)CCC1. The van der Waals surface area contributed by atoms with Crippen LogP contribution in [0, 0.1) is 5.92 Å². The highest BCUT2D eigenvalue weighted by molar-refractivity contribution is 5.78. The molecule has 0 N–H and O–H groups in total. The predicted molar refractivity (Wildman–Crippen MR) is 71.3 cm³/mol. The molecule has 0 bridgehead atoms. The number of hydrogen-bond acceptors (Lipinski definition) is 3. The minimum absolute atomic E-state index is 0.0113. The number of esters is 1. The molecule has 1 fully saturated rings. The van der Waals surface area contributed by atoms with Gasteiger partial charge in [-0.2, -0.15) is 0 Å². The molecule has 0 aliphatic heterocycles. The van der Waals surface area contributed by atoms with E-state index >= 15 is 0 Å². The molecular weight excluding hydrogens is 228 g/mol. The summed E-state index contributed by atoms with van der Waals surface area (Å²) in [6.07, 6.45) is 9.58. The van der Waals surface area contributed by atoms with Crippen LogP contribution in [0.15, 0.2) is 0 Å². The molecule has 1 aliphatic rings. The molecule has 3 nitrogen and oxygen atoms in total. The standard InChI is InChI=1S/C15H26O3/c1-2-18-15(17)13-9-6-4-3-5-7-11-14(16)12-8-10-13/h13H,2-12H2,1H3. The van der Waals surface area contributed by atoms with E-state index in [2.05, 4.69) is 0 Å². The van der Waals surface area contributed by atoms with Crippen molar-refractivity contribution in [3.63, 3.8) is 0 Å². The number of rotatable bonds is 2. The number of ketones is 1. The maximum absolute atomic E-state index is 11.8. The van der Waals surface area contributed by atoms with Gasteiger partial charge in [-0.1, -0.05) is 25.7 Å². The lowest BCUT2D eigenvalue weighted by molar-refractivity contribution is -0.148. The van der Waals surface area contributed by atoms with Gasteiger partial charge in [0, 0.05) is 12.8 Å². The minimum Gasteiger partial charge on any atom is -0.466 e. The molecule has 18 heavy (non-hydrogen) atoms. The molecule has 0 amide bonds. The van der Waals surface area contributed by atoms with Gasteiger partial charge in [-0.25, -0.2) is 0 Å². The van der Waals surface area contributed by atoms with Gasteiger partial charge in [-0.3, -0.25) is 9.59 Å². The van der Waals surface area contributed by atoms with Crippen LogP contribution in [0.5, 0.6) is 0 Å². The van der Waals surface area contributed by atoms with Gasteiger partial charge in [0.05, 0.1) is 12.5 Å². The molecule has 0 aromatic heterocycles. The highest BCUT2D eigenvalue weighted by Gasteiger charge is 2.19. The summed E-state index contributed by atoms with van der Waals surface area (Å²) in [5.41, 5.74) is 0. The maximum Gasteiger partial charge on any atom is 0.308 e. The average Bonchev–Trinajstić information content (AvgIpc) is 2.33. The van der Waals surface area contributed by atoms with Gasteiger partial charge in [0.15, 0.2) is 0 Å². The number of carbonyl (C=O) groups is 2. The van der Waals surface area contributed by atoms with E-state index in [1.807, 2.05) is 6.92 Å². The zero-order chi connectivity index (χ0) is 13.2. The number of ether oxygens (including phenoxy) is 1. The van der Waals surface area contributed by atoms with E-state index in [9.17, 15) is 9.59 Å². The Morgan fingerprint density at radius 2 is 1.67 bits per heavy atom. The van der Waals surface area contributed by atoms with Crippen molar-refractivity contribution in [3.8, 4) is 0 Å². The van der Waals surface area contributed by atoms with Gasteiger partial charge >= 0.3 is 5.97 Å². The monoisotopic (exact) mass is 254 g/mol. The number of Topliss-reactive ketones (excluding diaryl/α,β-unsaturated/α-hetero) is 1. The quantitative estimate of drug-likeness (QED) is 0.706. The lowest BCUT2D eigenvalue weighted by Crippen LogP contribution is -2.18. The fraction of sp³-hybridized carbons (Fsp3) is 0.867. The second-order valence-corrected chi connectivity index (χ2v) is 5.19. The van der Waals surface area contributed by atoms with Crippen molar-refractivity contribution >= 4 is 11.8 Å². The van der Waals surface area contributed by atoms with Crippen LogP contribution in [0.4, 0.5) is 0 Å². The van der Waals surface area contributed by atoms with Gasteiger partial charge in [-0.15, -0.1) is 0 Å². The molecule has 0 radical (unpaired) electrons. The summed E-state index contributed by atoms with van der Waals surface area (Å²) in [6.45, 7) is 2.30. The fourth-order valence-electron chi connectivity index (χ4n) is 2.55. The van der Waals surface area contributed by atoms with Crippen molar-refractivity contribution < 1.29 is 14.3 Å². The largest absolute Gasteiger partial charge is 0.466 e. The molecule has 1 unspecified atom stereocenters. The summed E-state index contributed by atoms with van der Waals surface area (Å²) in [6, 6.07) is 0. The van der Waals surface area contributed by atoms with Crippen molar-refractivity contribution in [2.75, 3.05) is 6.61 Å². The van der Waals surface area contributed by atoms with Crippen molar-refractivity contribution in [3.05, 3.63) is 0 Å². The number of hydrogen-bond donors (Lipinski definition) is 0. The molecule has 1 saturated carbocycles. The topological polar surface area (TPSA) is 43.4 Å². The highest BCUT2D eigenvalue weighted by Crippen LogP contribution is 2.21. The first kappa shape index (κ1) is 15.2. The van der Waals surface area contributed by atoms with Crippen LogP contribution in [-0.2, 0) is 14.3 Å². The molecule has 1 rings (SSSR count). The van der Waals surface area contributed by atoms with Crippen molar-refractivity contribution in [2.24, 2.45) is 5.92 Å². The van der Waals surface area contributed by atoms with Crippen LogP contribution in [0.2, 0.25) is 0 Å². The predicted octanol–water partition coefficient (Wildman–Crippen LogP) is 3.65. The van der Waals surface area contributed by atoms with Crippen LogP contribution < -0.4 is 0 Å². The van der Waals surface area contributed by atoms with Crippen LogP contribution in [0.25, 0.3) is 0 Å². The van der Waals surface area contributed by atoms with Crippen LogP contribution in [0.1, 0.15) is 71.1 Å². The third kappa shape index (κ3) is 6.18. The van der Waals surface area contributed by atoms with E-state index in [1.54, 1.807) is 0 Å². The second kappa shape index (κ2) is 9.12. The summed E-state index contributed by atoms with van der Waals surface area (Å²) >= 11 is 0. The van der Waals surface area contributed by atoms with Crippen LogP contribution in [-0.4, -0.2) is 18.4 Å². The summed E-state index contributed by atoms with van der Waals surface area (Å²) in [5.74, 6) is 0.303. The lowest BCUT2D eigenvalue weighted by Gasteiger charge is -2.16. The Morgan fingerprint density at radius 1 is 1.06 bits per heavy atom. The first-order valence-corrected chi connectivity index (χ1v) is 7.42. The smallest absolute Gasteiger partial charge is 0.308 e. The van der Waals surface area contributed by atoms with Crippen molar-refractivity contribution in [1.29, 1.82) is 0 Å². The van der Waals surface area contributed by atoms with Gasteiger partial charge in [-0.05, 0) is 32.6 Å². The van der Waals surface area contributed by atoms with Gasteiger partial charge in [0.25, 0.3) is 0 Å². The van der Waals surface area contributed by atoms with Crippen molar-refractivity contribution in [1.82, 2.24) is 0 Å². The fourth-order valence-corrected chi connectivity index (χ4v) is 2.55. The van der Waals surface area contributed by atoms with Gasteiger partial charge < -0.3 is 4.74 Å². The first-order valence-electron chi connectivity index (χ1n) is 7.42. The third-order valence-corrected chi connectivity index (χ3v) is 3.64. The second-order valence-electron chi connectivity index (χ2n) is 5.19. The summed E-state index contributed by atoms with van der Waals surface area (Å²) in [5, 5.41) is 0. The number of carbonyl (C=O) groups excluding carboxylic acids is 2. The van der Waals surface area contributed by atoms with E-state index in [4.69, 9.17) is 4.74 Å². The first-order chi connectivity index (χ1) is 8.74. The normalized spacial score (nSPS) is 23.8. The summed E-state index contributed by atoms with van der Waals surface area (Å²) < 4.78 is 5.11. The Labute approximate surface area is 110 Å².